The third-order valence-corrected chi connectivity index (χ3v) is 3.34. The number of alkyl halides is 3. The van der Waals surface area contributed by atoms with E-state index >= 15 is 0 Å². The summed E-state index contributed by atoms with van der Waals surface area (Å²) in [5.41, 5.74) is -1.30. The zero-order valence-corrected chi connectivity index (χ0v) is 13.2. The van der Waals surface area contributed by atoms with Crippen LogP contribution in [0.4, 0.5) is 13.2 Å². The maximum atomic E-state index is 12.9. The first-order valence-electron chi connectivity index (χ1n) is 6.50. The van der Waals surface area contributed by atoms with E-state index in [9.17, 15) is 18.0 Å². The Morgan fingerprint density at radius 3 is 2.62 bits per heavy atom. The van der Waals surface area contributed by atoms with Gasteiger partial charge in [-0.3, -0.25) is 4.79 Å². The second-order valence-electron chi connectivity index (χ2n) is 4.50. The fourth-order valence-electron chi connectivity index (χ4n) is 1.79. The van der Waals surface area contributed by atoms with Gasteiger partial charge in [-0.15, -0.1) is 0 Å². The molecule has 0 radical (unpaired) electrons. The van der Waals surface area contributed by atoms with Gasteiger partial charge in [0.1, 0.15) is 0 Å². The molecular formula is C14H17BrF3NO2. The van der Waals surface area contributed by atoms with Crippen LogP contribution in [-0.4, -0.2) is 26.2 Å². The minimum Gasteiger partial charge on any atom is -0.385 e. The first-order valence-corrected chi connectivity index (χ1v) is 7.29. The molecular weight excluding hydrogens is 351 g/mol. The molecule has 0 spiro atoms. The van der Waals surface area contributed by atoms with Crippen molar-refractivity contribution >= 4 is 21.8 Å². The monoisotopic (exact) mass is 367 g/mol. The minimum absolute atomic E-state index is 0.283. The molecule has 0 bridgehead atoms. The molecule has 0 unspecified atom stereocenters. The van der Waals surface area contributed by atoms with Crippen molar-refractivity contribution in [2.75, 3.05) is 20.3 Å². The van der Waals surface area contributed by atoms with Gasteiger partial charge in [-0.2, -0.15) is 13.2 Å². The van der Waals surface area contributed by atoms with Crippen molar-refractivity contribution in [3.63, 3.8) is 0 Å². The van der Waals surface area contributed by atoms with Crippen LogP contribution in [-0.2, 0) is 10.9 Å². The average Bonchev–Trinajstić information content (AvgIpc) is 2.41. The lowest BCUT2D eigenvalue weighted by atomic mass is 10.1. The number of rotatable bonds is 7. The number of hydrogen-bond donors (Lipinski definition) is 1. The molecule has 1 amide bonds. The number of amides is 1. The van der Waals surface area contributed by atoms with Gasteiger partial charge >= 0.3 is 6.18 Å². The standard InChI is InChI=1S/C14H17BrF3NO2/c1-21-8-4-2-3-7-19-13(20)11-6-5-10(15)9-12(11)14(16,17)18/h5-6,9H,2-4,7-8H2,1H3,(H,19,20). The van der Waals surface area contributed by atoms with E-state index in [4.69, 9.17) is 4.74 Å². The van der Waals surface area contributed by atoms with E-state index in [1.807, 2.05) is 0 Å². The summed E-state index contributed by atoms with van der Waals surface area (Å²) in [6.45, 7) is 0.981. The van der Waals surface area contributed by atoms with Crippen LogP contribution in [0.15, 0.2) is 22.7 Å². The van der Waals surface area contributed by atoms with Gasteiger partial charge in [0.15, 0.2) is 0 Å². The van der Waals surface area contributed by atoms with E-state index in [-0.39, 0.29) is 10.0 Å². The summed E-state index contributed by atoms with van der Waals surface area (Å²) in [6.07, 6.45) is -2.15. The molecule has 0 aliphatic carbocycles. The minimum atomic E-state index is -4.56. The van der Waals surface area contributed by atoms with Crippen molar-refractivity contribution in [1.82, 2.24) is 5.32 Å². The lowest BCUT2D eigenvalue weighted by molar-refractivity contribution is -0.138. The van der Waals surface area contributed by atoms with E-state index in [2.05, 4.69) is 21.2 Å². The molecule has 0 aliphatic heterocycles. The Morgan fingerprint density at radius 2 is 2.00 bits per heavy atom. The summed E-state index contributed by atoms with van der Waals surface area (Å²) in [5, 5.41) is 2.51. The van der Waals surface area contributed by atoms with Crippen molar-refractivity contribution < 1.29 is 22.7 Å². The van der Waals surface area contributed by atoms with Gasteiger partial charge in [0.05, 0.1) is 11.1 Å². The number of halogens is 4. The number of methoxy groups -OCH3 is 1. The van der Waals surface area contributed by atoms with Crippen LogP contribution in [0.25, 0.3) is 0 Å². The number of hydrogen-bond acceptors (Lipinski definition) is 2. The second kappa shape index (κ2) is 8.38. The number of unbranched alkanes of at least 4 members (excludes halogenated alkanes) is 2. The highest BCUT2D eigenvalue weighted by molar-refractivity contribution is 9.10. The van der Waals surface area contributed by atoms with E-state index in [0.717, 1.165) is 18.9 Å². The molecule has 1 aromatic carbocycles. The Morgan fingerprint density at radius 1 is 1.29 bits per heavy atom. The van der Waals surface area contributed by atoms with Crippen LogP contribution in [0, 0.1) is 0 Å². The van der Waals surface area contributed by atoms with Crippen LogP contribution < -0.4 is 5.32 Å². The predicted octanol–water partition coefficient (Wildman–Crippen LogP) is 4.01. The van der Waals surface area contributed by atoms with E-state index in [1.165, 1.54) is 12.1 Å². The number of carbonyl (C=O) groups excluding carboxylic acids is 1. The van der Waals surface area contributed by atoms with Crippen molar-refractivity contribution in [1.29, 1.82) is 0 Å². The van der Waals surface area contributed by atoms with E-state index < -0.39 is 17.6 Å². The summed E-state index contributed by atoms with van der Waals surface area (Å²) >= 11 is 2.98. The summed E-state index contributed by atoms with van der Waals surface area (Å²) < 4.78 is 43.9. The number of nitrogens with one attached hydrogen (secondary N) is 1. The third-order valence-electron chi connectivity index (χ3n) is 2.84. The van der Waals surface area contributed by atoms with Crippen LogP contribution in [0.1, 0.15) is 35.2 Å². The molecule has 3 nitrogen and oxygen atoms in total. The smallest absolute Gasteiger partial charge is 0.385 e. The normalized spacial score (nSPS) is 11.5. The molecule has 1 N–H and O–H groups in total. The Labute approximate surface area is 130 Å². The fourth-order valence-corrected chi connectivity index (χ4v) is 2.16. The molecule has 0 saturated heterocycles. The van der Waals surface area contributed by atoms with Crippen LogP contribution in [0.2, 0.25) is 0 Å². The van der Waals surface area contributed by atoms with E-state index in [1.54, 1.807) is 7.11 Å². The molecule has 1 rings (SSSR count). The van der Waals surface area contributed by atoms with Crippen molar-refractivity contribution in [2.24, 2.45) is 0 Å². The van der Waals surface area contributed by atoms with Gasteiger partial charge in [0.25, 0.3) is 5.91 Å². The van der Waals surface area contributed by atoms with E-state index in [0.29, 0.717) is 19.6 Å². The molecule has 118 valence electrons. The Balaban J connectivity index is 2.62. The molecule has 0 atom stereocenters. The molecule has 21 heavy (non-hydrogen) atoms. The van der Waals surface area contributed by atoms with Gasteiger partial charge in [0, 0.05) is 24.7 Å². The Bertz CT molecular complexity index is 478. The van der Waals surface area contributed by atoms with Crippen molar-refractivity contribution in [3.8, 4) is 0 Å². The molecule has 7 heteroatoms. The average molecular weight is 368 g/mol. The summed E-state index contributed by atoms with van der Waals surface area (Å²) in [4.78, 5) is 11.9. The zero-order chi connectivity index (χ0) is 15.9. The molecule has 0 aliphatic rings. The first kappa shape index (κ1) is 18.0. The molecule has 1 aromatic rings. The quantitative estimate of drug-likeness (QED) is 0.739. The maximum Gasteiger partial charge on any atom is 0.417 e. The third kappa shape index (κ3) is 6.05. The lowest BCUT2D eigenvalue weighted by Gasteiger charge is -2.13. The zero-order valence-electron chi connectivity index (χ0n) is 11.6. The lowest BCUT2D eigenvalue weighted by Crippen LogP contribution is -2.27. The fraction of sp³-hybridized carbons (Fsp3) is 0.500. The van der Waals surface area contributed by atoms with Crippen molar-refractivity contribution in [2.45, 2.75) is 25.4 Å². The highest BCUT2D eigenvalue weighted by Crippen LogP contribution is 2.33. The molecule has 0 aromatic heterocycles. The topological polar surface area (TPSA) is 38.3 Å². The highest BCUT2D eigenvalue weighted by atomic mass is 79.9. The highest BCUT2D eigenvalue weighted by Gasteiger charge is 2.35. The van der Waals surface area contributed by atoms with Gasteiger partial charge in [-0.1, -0.05) is 15.9 Å². The summed E-state index contributed by atoms with van der Waals surface area (Å²) in [6, 6.07) is 3.50. The van der Waals surface area contributed by atoms with Crippen molar-refractivity contribution in [3.05, 3.63) is 33.8 Å². The molecule has 0 fully saturated rings. The van der Waals surface area contributed by atoms with Crippen LogP contribution in [0.3, 0.4) is 0 Å². The SMILES string of the molecule is COCCCCCNC(=O)c1ccc(Br)cc1C(F)(F)F. The summed E-state index contributed by atoms with van der Waals surface area (Å²) in [5.74, 6) is -0.707. The van der Waals surface area contributed by atoms with Gasteiger partial charge in [-0.05, 0) is 37.5 Å². The number of ether oxygens (including phenoxy) is 1. The molecule has 0 heterocycles. The Hall–Kier alpha value is -1.08. The number of benzene rings is 1. The van der Waals surface area contributed by atoms with Gasteiger partial charge in [0.2, 0.25) is 0 Å². The largest absolute Gasteiger partial charge is 0.417 e. The molecule has 0 saturated carbocycles. The first-order chi connectivity index (χ1) is 9.86. The predicted molar refractivity (Wildman–Crippen MR) is 77.2 cm³/mol. The maximum absolute atomic E-state index is 12.9. The van der Waals surface area contributed by atoms with Gasteiger partial charge < -0.3 is 10.1 Å². The van der Waals surface area contributed by atoms with Crippen LogP contribution in [0.5, 0.6) is 0 Å². The Kier molecular flexibility index (Phi) is 7.17. The van der Waals surface area contributed by atoms with Gasteiger partial charge in [-0.25, -0.2) is 0 Å². The number of carbonyl (C=O) groups is 1. The van der Waals surface area contributed by atoms with Crippen LogP contribution >= 0.6 is 15.9 Å². The summed E-state index contributed by atoms with van der Waals surface area (Å²) in [7, 11) is 1.61. The second-order valence-corrected chi connectivity index (χ2v) is 5.41.